The molecule has 1 aromatic rings. The number of alkyl halides is 3. The summed E-state index contributed by atoms with van der Waals surface area (Å²) in [6.07, 6.45) is -4.13. The molecular weight excluding hydrogens is 257 g/mol. The molecule has 1 saturated heterocycles. The Hall–Kier alpha value is -0.850. The highest BCUT2D eigenvalue weighted by atomic mass is 35.5. The van der Waals surface area contributed by atoms with Crippen LogP contribution in [0, 0.1) is 0 Å². The molecule has 0 aliphatic carbocycles. The fourth-order valence-corrected chi connectivity index (χ4v) is 2.18. The van der Waals surface area contributed by atoms with E-state index in [0.717, 1.165) is 6.07 Å². The van der Waals surface area contributed by atoms with Crippen LogP contribution in [0.4, 0.5) is 13.2 Å². The van der Waals surface area contributed by atoms with Crippen LogP contribution in [0.1, 0.15) is 17.7 Å². The third-order valence-corrected chi connectivity index (χ3v) is 3.06. The van der Waals surface area contributed by atoms with Crippen molar-refractivity contribution < 1.29 is 18.3 Å². The van der Waals surface area contributed by atoms with Gasteiger partial charge in [0.05, 0.1) is 0 Å². The zero-order valence-corrected chi connectivity index (χ0v) is 9.44. The molecular formula is C10H10ClF3N2O. The topological polar surface area (TPSA) is 45.2 Å². The number of aromatic nitrogens is 1. The molecule has 0 saturated carbocycles. The molecule has 0 amide bonds. The van der Waals surface area contributed by atoms with Crippen LogP contribution in [0.5, 0.6) is 0 Å². The monoisotopic (exact) mass is 266 g/mol. The Labute approximate surface area is 101 Å². The summed E-state index contributed by atoms with van der Waals surface area (Å²) in [7, 11) is 0. The van der Waals surface area contributed by atoms with Gasteiger partial charge in [0.1, 0.15) is 16.4 Å². The van der Waals surface area contributed by atoms with Gasteiger partial charge in [-0.3, -0.25) is 0 Å². The van der Waals surface area contributed by atoms with Gasteiger partial charge in [-0.1, -0.05) is 17.7 Å². The van der Waals surface area contributed by atoms with Gasteiger partial charge in [-0.15, -0.1) is 0 Å². The number of nitrogens with zero attached hydrogens (tertiary/aromatic N) is 1. The van der Waals surface area contributed by atoms with E-state index < -0.39 is 17.5 Å². The molecule has 3 nitrogen and oxygen atoms in total. The number of hydrogen-bond acceptors (Lipinski definition) is 3. The maximum Gasteiger partial charge on any atom is 0.433 e. The quantitative estimate of drug-likeness (QED) is 0.764. The molecule has 2 rings (SSSR count). The van der Waals surface area contributed by atoms with Crippen molar-refractivity contribution in [3.8, 4) is 0 Å². The minimum atomic E-state index is -4.53. The zero-order chi connectivity index (χ0) is 12.7. The molecule has 94 valence electrons. The van der Waals surface area contributed by atoms with Gasteiger partial charge in [0.25, 0.3) is 0 Å². The van der Waals surface area contributed by atoms with Gasteiger partial charge < -0.3 is 10.4 Å². The van der Waals surface area contributed by atoms with E-state index >= 15 is 0 Å². The fraction of sp³-hybridized carbons (Fsp3) is 0.500. The molecule has 1 aliphatic rings. The van der Waals surface area contributed by atoms with Crippen LogP contribution in [0.2, 0.25) is 5.15 Å². The Morgan fingerprint density at radius 2 is 2.12 bits per heavy atom. The van der Waals surface area contributed by atoms with Crippen molar-refractivity contribution in [1.82, 2.24) is 10.3 Å². The number of rotatable bonds is 1. The lowest BCUT2D eigenvalue weighted by molar-refractivity contribution is -0.141. The summed E-state index contributed by atoms with van der Waals surface area (Å²) >= 11 is 5.71. The molecule has 2 N–H and O–H groups in total. The van der Waals surface area contributed by atoms with Crippen molar-refractivity contribution >= 4 is 11.6 Å². The lowest BCUT2D eigenvalue weighted by Crippen LogP contribution is -2.29. The summed E-state index contributed by atoms with van der Waals surface area (Å²) in [6, 6.07) is 2.02. The summed E-state index contributed by atoms with van der Waals surface area (Å²) in [6.45, 7) is 0.855. The second-order valence-corrected chi connectivity index (χ2v) is 4.35. The van der Waals surface area contributed by atoms with Crippen molar-refractivity contribution in [2.24, 2.45) is 0 Å². The van der Waals surface area contributed by atoms with Crippen LogP contribution < -0.4 is 5.32 Å². The number of aliphatic hydroxyl groups is 1. The van der Waals surface area contributed by atoms with Crippen molar-refractivity contribution in [1.29, 1.82) is 0 Å². The molecule has 1 aromatic heterocycles. The second kappa shape index (κ2) is 4.12. The lowest BCUT2D eigenvalue weighted by atomic mass is 9.94. The van der Waals surface area contributed by atoms with Gasteiger partial charge >= 0.3 is 6.18 Å². The van der Waals surface area contributed by atoms with Crippen molar-refractivity contribution in [2.45, 2.75) is 18.2 Å². The summed E-state index contributed by atoms with van der Waals surface area (Å²) in [4.78, 5) is 3.29. The molecule has 1 fully saturated rings. The number of nitrogens with one attached hydrogen (secondary N) is 1. The molecule has 1 aliphatic heterocycles. The van der Waals surface area contributed by atoms with Gasteiger partial charge in [0.15, 0.2) is 0 Å². The average molecular weight is 267 g/mol. The highest BCUT2D eigenvalue weighted by Gasteiger charge is 2.38. The minimum absolute atomic E-state index is 0.233. The Morgan fingerprint density at radius 1 is 1.41 bits per heavy atom. The van der Waals surface area contributed by atoms with E-state index in [0.29, 0.717) is 13.0 Å². The van der Waals surface area contributed by atoms with Gasteiger partial charge in [-0.25, -0.2) is 4.98 Å². The van der Waals surface area contributed by atoms with Gasteiger partial charge in [0.2, 0.25) is 0 Å². The number of β-amino-alcohol motifs (C(OH)–C–C–N with tert-alkyl or cyclic N) is 1. The van der Waals surface area contributed by atoms with Gasteiger partial charge in [-0.2, -0.15) is 13.2 Å². The molecule has 0 radical (unpaired) electrons. The number of halogens is 4. The van der Waals surface area contributed by atoms with E-state index in [4.69, 9.17) is 11.6 Å². The SMILES string of the molecule is OC1(c2ccc(C(F)(F)F)nc2Cl)CCNC1. The van der Waals surface area contributed by atoms with Crippen LogP contribution >= 0.6 is 11.6 Å². The fourth-order valence-electron chi connectivity index (χ4n) is 1.85. The predicted molar refractivity (Wildman–Crippen MR) is 55.6 cm³/mol. The maximum atomic E-state index is 12.4. The third-order valence-electron chi connectivity index (χ3n) is 2.77. The molecule has 0 bridgehead atoms. The van der Waals surface area contributed by atoms with Crippen molar-refractivity contribution in [2.75, 3.05) is 13.1 Å². The molecule has 17 heavy (non-hydrogen) atoms. The maximum absolute atomic E-state index is 12.4. The third kappa shape index (κ3) is 2.38. The smallest absolute Gasteiger partial charge is 0.384 e. The van der Waals surface area contributed by atoms with Crippen LogP contribution in [-0.2, 0) is 11.8 Å². The molecule has 0 aromatic carbocycles. The van der Waals surface area contributed by atoms with Crippen LogP contribution in [0.3, 0.4) is 0 Å². The van der Waals surface area contributed by atoms with Crippen LogP contribution in [0.25, 0.3) is 0 Å². The molecule has 7 heteroatoms. The highest BCUT2D eigenvalue weighted by Crippen LogP contribution is 2.35. The summed E-state index contributed by atoms with van der Waals surface area (Å²) in [5.74, 6) is 0. The van der Waals surface area contributed by atoms with Gasteiger partial charge in [0, 0.05) is 12.1 Å². The molecule has 0 spiro atoms. The van der Waals surface area contributed by atoms with Crippen molar-refractivity contribution in [3.63, 3.8) is 0 Å². The van der Waals surface area contributed by atoms with E-state index in [1.807, 2.05) is 0 Å². The van der Waals surface area contributed by atoms with E-state index in [9.17, 15) is 18.3 Å². The zero-order valence-electron chi connectivity index (χ0n) is 8.68. The van der Waals surface area contributed by atoms with Crippen LogP contribution in [-0.4, -0.2) is 23.2 Å². The summed E-state index contributed by atoms with van der Waals surface area (Å²) < 4.78 is 37.1. The minimum Gasteiger partial charge on any atom is -0.384 e. The number of hydrogen-bond donors (Lipinski definition) is 2. The van der Waals surface area contributed by atoms with Crippen molar-refractivity contribution in [3.05, 3.63) is 28.5 Å². The van der Waals surface area contributed by atoms with Crippen LogP contribution in [0.15, 0.2) is 12.1 Å². The first-order chi connectivity index (χ1) is 7.83. The number of pyridine rings is 1. The molecule has 2 heterocycles. The van der Waals surface area contributed by atoms with E-state index in [1.165, 1.54) is 6.07 Å². The lowest BCUT2D eigenvalue weighted by Gasteiger charge is -2.23. The summed E-state index contributed by atoms with van der Waals surface area (Å²) in [5, 5.41) is 12.8. The van der Waals surface area contributed by atoms with E-state index in [-0.39, 0.29) is 17.3 Å². The summed E-state index contributed by atoms with van der Waals surface area (Å²) in [5.41, 5.74) is -2.05. The first kappa shape index (κ1) is 12.6. The Bertz CT molecular complexity index is 430. The highest BCUT2D eigenvalue weighted by molar-refractivity contribution is 6.30. The Morgan fingerprint density at radius 3 is 2.59 bits per heavy atom. The largest absolute Gasteiger partial charge is 0.433 e. The Balaban J connectivity index is 2.38. The normalized spacial score (nSPS) is 25.2. The standard InChI is InChI=1S/C10H10ClF3N2O/c11-8-6(9(17)3-4-15-5-9)1-2-7(16-8)10(12,13)14/h1-2,15,17H,3-5H2. The average Bonchev–Trinajstić information content (AvgIpc) is 2.64. The molecule has 1 atom stereocenters. The predicted octanol–water partition coefficient (Wildman–Crippen LogP) is 1.93. The second-order valence-electron chi connectivity index (χ2n) is 3.99. The van der Waals surface area contributed by atoms with E-state index in [2.05, 4.69) is 10.3 Å². The van der Waals surface area contributed by atoms with Gasteiger partial charge in [-0.05, 0) is 19.0 Å². The first-order valence-electron chi connectivity index (χ1n) is 5.00. The first-order valence-corrected chi connectivity index (χ1v) is 5.38. The Kier molecular flexibility index (Phi) is 3.05. The van der Waals surface area contributed by atoms with E-state index in [1.54, 1.807) is 0 Å². The molecule has 1 unspecified atom stereocenters.